The van der Waals surface area contributed by atoms with Crippen molar-refractivity contribution >= 4 is 11.5 Å². The molecule has 1 unspecified atom stereocenters. The summed E-state index contributed by atoms with van der Waals surface area (Å²) in [6.07, 6.45) is 0.673. The van der Waals surface area contributed by atoms with E-state index < -0.39 is 4.92 Å². The number of nitrogen functional groups attached to an aromatic ring is 1. The maximum Gasteiger partial charge on any atom is 0.333 e. The average Bonchev–Trinajstić information content (AvgIpc) is 2.75. The standard InChI is InChI=1S/C14H18N4O3/c1-9(8-11-4-6-12(21-3)7-5-11)17-14(15)13(18(19)20)10(2)16-17/h4-7,9H,8,15H2,1-3H3. The van der Waals surface area contributed by atoms with E-state index in [2.05, 4.69) is 5.10 Å². The van der Waals surface area contributed by atoms with Crippen LogP contribution in [-0.2, 0) is 6.42 Å². The van der Waals surface area contributed by atoms with Crippen molar-refractivity contribution in [1.29, 1.82) is 0 Å². The molecule has 0 saturated carbocycles. The second-order valence-corrected chi connectivity index (χ2v) is 4.92. The predicted molar refractivity (Wildman–Crippen MR) is 79.4 cm³/mol. The van der Waals surface area contributed by atoms with Gasteiger partial charge in [0.1, 0.15) is 11.4 Å². The molecule has 0 amide bonds. The van der Waals surface area contributed by atoms with Crippen LogP contribution in [-0.4, -0.2) is 21.8 Å². The van der Waals surface area contributed by atoms with Crippen molar-refractivity contribution in [1.82, 2.24) is 9.78 Å². The number of aryl methyl sites for hydroxylation is 1. The molecule has 2 N–H and O–H groups in total. The SMILES string of the molecule is COc1ccc(CC(C)n2nc(C)c([N+](=O)[O-])c2N)cc1. The highest BCUT2D eigenvalue weighted by atomic mass is 16.6. The predicted octanol–water partition coefficient (Wildman–Crippen LogP) is 2.49. The highest BCUT2D eigenvalue weighted by Crippen LogP contribution is 2.29. The van der Waals surface area contributed by atoms with Crippen molar-refractivity contribution in [3.8, 4) is 5.75 Å². The molecule has 0 spiro atoms. The van der Waals surface area contributed by atoms with E-state index in [4.69, 9.17) is 10.5 Å². The van der Waals surface area contributed by atoms with E-state index in [1.807, 2.05) is 31.2 Å². The number of methoxy groups -OCH3 is 1. The van der Waals surface area contributed by atoms with Crippen molar-refractivity contribution in [2.24, 2.45) is 0 Å². The summed E-state index contributed by atoms with van der Waals surface area (Å²) in [6.45, 7) is 3.52. The van der Waals surface area contributed by atoms with Gasteiger partial charge in [0.15, 0.2) is 0 Å². The number of hydrogen-bond acceptors (Lipinski definition) is 5. The van der Waals surface area contributed by atoms with Crippen molar-refractivity contribution in [3.63, 3.8) is 0 Å². The first kappa shape index (κ1) is 14.8. The molecular weight excluding hydrogens is 272 g/mol. The van der Waals surface area contributed by atoms with Gasteiger partial charge < -0.3 is 10.5 Å². The number of nitrogens with zero attached hydrogens (tertiary/aromatic N) is 3. The summed E-state index contributed by atoms with van der Waals surface area (Å²) >= 11 is 0. The van der Waals surface area contributed by atoms with Crippen LogP contribution in [0.1, 0.15) is 24.2 Å². The molecule has 112 valence electrons. The van der Waals surface area contributed by atoms with Crippen molar-refractivity contribution in [3.05, 3.63) is 45.6 Å². The second kappa shape index (κ2) is 5.82. The van der Waals surface area contributed by atoms with Crippen LogP contribution >= 0.6 is 0 Å². The van der Waals surface area contributed by atoms with Gasteiger partial charge in [0, 0.05) is 0 Å². The van der Waals surface area contributed by atoms with Crippen LogP contribution in [0.3, 0.4) is 0 Å². The average molecular weight is 290 g/mol. The van der Waals surface area contributed by atoms with Crippen molar-refractivity contribution < 1.29 is 9.66 Å². The van der Waals surface area contributed by atoms with Gasteiger partial charge in [0.05, 0.1) is 18.1 Å². The first-order valence-electron chi connectivity index (χ1n) is 6.56. The van der Waals surface area contributed by atoms with E-state index in [-0.39, 0.29) is 17.5 Å². The summed E-state index contributed by atoms with van der Waals surface area (Å²) in [4.78, 5) is 10.5. The summed E-state index contributed by atoms with van der Waals surface area (Å²) in [5, 5.41) is 15.2. The minimum Gasteiger partial charge on any atom is -0.497 e. The molecule has 2 rings (SSSR count). The maximum absolute atomic E-state index is 11.0. The quantitative estimate of drug-likeness (QED) is 0.674. The van der Waals surface area contributed by atoms with E-state index >= 15 is 0 Å². The molecule has 0 aliphatic rings. The van der Waals surface area contributed by atoms with Crippen LogP contribution in [0.2, 0.25) is 0 Å². The largest absolute Gasteiger partial charge is 0.497 e. The molecule has 0 saturated heterocycles. The Morgan fingerprint density at radius 1 is 1.43 bits per heavy atom. The van der Waals surface area contributed by atoms with Crippen LogP contribution in [0.4, 0.5) is 11.5 Å². The van der Waals surface area contributed by atoms with Gasteiger partial charge in [-0.2, -0.15) is 5.10 Å². The van der Waals surface area contributed by atoms with Crippen molar-refractivity contribution in [2.45, 2.75) is 26.3 Å². The lowest BCUT2D eigenvalue weighted by molar-refractivity contribution is -0.384. The van der Waals surface area contributed by atoms with Gasteiger partial charge in [0.25, 0.3) is 0 Å². The zero-order valence-electron chi connectivity index (χ0n) is 12.2. The van der Waals surface area contributed by atoms with E-state index in [1.165, 1.54) is 4.68 Å². The lowest BCUT2D eigenvalue weighted by atomic mass is 10.1. The minimum atomic E-state index is -0.492. The third-order valence-corrected chi connectivity index (χ3v) is 3.38. The van der Waals surface area contributed by atoms with Gasteiger partial charge in [-0.15, -0.1) is 0 Å². The Labute approximate surface area is 122 Å². The molecule has 7 nitrogen and oxygen atoms in total. The van der Waals surface area contributed by atoms with Gasteiger partial charge in [-0.25, -0.2) is 4.68 Å². The van der Waals surface area contributed by atoms with Crippen LogP contribution in [0.15, 0.2) is 24.3 Å². The van der Waals surface area contributed by atoms with Crippen LogP contribution in [0.25, 0.3) is 0 Å². The molecule has 0 aliphatic heterocycles. The molecule has 0 radical (unpaired) electrons. The number of nitrogens with two attached hydrogens (primary N) is 1. The van der Waals surface area contributed by atoms with Crippen LogP contribution < -0.4 is 10.5 Å². The highest BCUT2D eigenvalue weighted by molar-refractivity contribution is 5.56. The molecule has 21 heavy (non-hydrogen) atoms. The topological polar surface area (TPSA) is 96.2 Å². The number of ether oxygens (including phenoxy) is 1. The number of benzene rings is 1. The molecule has 1 aromatic carbocycles. The highest BCUT2D eigenvalue weighted by Gasteiger charge is 2.25. The summed E-state index contributed by atoms with van der Waals surface area (Å²) < 4.78 is 6.62. The zero-order valence-corrected chi connectivity index (χ0v) is 12.2. The third kappa shape index (κ3) is 2.96. The molecule has 7 heteroatoms. The second-order valence-electron chi connectivity index (χ2n) is 4.92. The fourth-order valence-electron chi connectivity index (χ4n) is 2.31. The molecule has 2 aromatic rings. The number of rotatable bonds is 5. The Morgan fingerprint density at radius 3 is 2.52 bits per heavy atom. The Bertz CT molecular complexity index is 649. The summed E-state index contributed by atoms with van der Waals surface area (Å²) in [5.74, 6) is 0.884. The van der Waals surface area contributed by atoms with Gasteiger partial charge in [-0.1, -0.05) is 12.1 Å². The molecule has 1 heterocycles. The van der Waals surface area contributed by atoms with Gasteiger partial charge in [-0.3, -0.25) is 10.1 Å². The number of hydrogen-bond donors (Lipinski definition) is 1. The van der Waals surface area contributed by atoms with E-state index in [0.717, 1.165) is 11.3 Å². The molecule has 0 bridgehead atoms. The van der Waals surface area contributed by atoms with Gasteiger partial charge in [0.2, 0.25) is 5.82 Å². The number of anilines is 1. The van der Waals surface area contributed by atoms with Crippen LogP contribution in [0, 0.1) is 17.0 Å². The van der Waals surface area contributed by atoms with Gasteiger partial charge >= 0.3 is 5.69 Å². The molecule has 0 fully saturated rings. The lowest BCUT2D eigenvalue weighted by Crippen LogP contribution is -2.13. The Morgan fingerprint density at radius 2 is 2.05 bits per heavy atom. The lowest BCUT2D eigenvalue weighted by Gasteiger charge is -2.13. The summed E-state index contributed by atoms with van der Waals surface area (Å²) in [7, 11) is 1.62. The molecule has 1 atom stereocenters. The third-order valence-electron chi connectivity index (χ3n) is 3.38. The van der Waals surface area contributed by atoms with Crippen molar-refractivity contribution in [2.75, 3.05) is 12.8 Å². The summed E-state index contributed by atoms with van der Waals surface area (Å²) in [5.41, 5.74) is 7.14. The smallest absolute Gasteiger partial charge is 0.333 e. The Hall–Kier alpha value is -2.57. The van der Waals surface area contributed by atoms with E-state index in [1.54, 1.807) is 14.0 Å². The molecule has 1 aromatic heterocycles. The summed E-state index contributed by atoms with van der Waals surface area (Å²) in [6, 6.07) is 7.59. The fraction of sp³-hybridized carbons (Fsp3) is 0.357. The van der Waals surface area contributed by atoms with E-state index in [9.17, 15) is 10.1 Å². The Balaban J connectivity index is 2.22. The first-order chi connectivity index (χ1) is 9.93. The number of nitro groups is 1. The fourth-order valence-corrected chi connectivity index (χ4v) is 2.31. The molecular formula is C14H18N4O3. The normalized spacial score (nSPS) is 12.1. The van der Waals surface area contributed by atoms with E-state index in [0.29, 0.717) is 12.1 Å². The number of aromatic nitrogens is 2. The maximum atomic E-state index is 11.0. The van der Waals surface area contributed by atoms with Gasteiger partial charge in [-0.05, 0) is 38.0 Å². The monoisotopic (exact) mass is 290 g/mol. The molecule has 0 aliphatic carbocycles. The van der Waals surface area contributed by atoms with Crippen LogP contribution in [0.5, 0.6) is 5.75 Å². The first-order valence-corrected chi connectivity index (χ1v) is 6.56. The Kier molecular flexibility index (Phi) is 4.11. The zero-order chi connectivity index (χ0) is 15.6. The minimum absolute atomic E-state index is 0.0780.